The van der Waals surface area contributed by atoms with Crippen LogP contribution in [0.15, 0.2) is 514 Å². The molecule has 0 aliphatic carbocycles. The largest absolute Gasteiger partial charge is 0.455 e. The van der Waals surface area contributed by atoms with Gasteiger partial charge in [0.05, 0.1) is 77.8 Å². The van der Waals surface area contributed by atoms with E-state index in [1.807, 2.05) is 41.7 Å². The monoisotopic (exact) mass is 1930 g/mol. The highest BCUT2D eigenvalue weighted by Gasteiger charge is 2.28. The standard InChI is InChI=1S/C54H34N4.C42H25N3O.C42H25N3S/c1-3-13-35(14-4-1)36-23-25-38(26-24-36)52-45-20-9-11-21-48(45)55-54(56-52)58-51-32-29-40(34-47(51)44-30-27-37-15-7-8-18-42(37)53(44)58)39-28-31-50-46(33-39)43-19-10-12-22-49(43)57(50)41-16-5-2-6-17-41;1-2-12-27(13-3-1)40-33-16-6-8-19-35(33)43-42(44-40)45-36-24-22-26-11-4-5-14-29(26)39(36)34-23-21-28(25-37(34)45)30-17-10-18-32-31-15-7-9-20-38(31)46-41(30)32;1-2-12-26(13-3-1)41-31-17-6-9-19-35(31)43-42(44-41)45-36-20-10-7-18-32(36)40-30-16-5-4-14-28(30)33(25-37(40)45)27-22-23-39-34(24-27)29-15-8-11-21-38(29)46-39/h1-34H;2*1-25H. The van der Waals surface area contributed by atoms with Crippen LogP contribution < -0.4 is 0 Å². The van der Waals surface area contributed by atoms with E-state index in [9.17, 15) is 0 Å². The molecule has 0 saturated carbocycles. The van der Waals surface area contributed by atoms with E-state index >= 15 is 0 Å². The number of benzene rings is 23. The summed E-state index contributed by atoms with van der Waals surface area (Å²) >= 11 is 1.85. The van der Waals surface area contributed by atoms with Gasteiger partial charge in [-0.1, -0.05) is 400 Å². The second-order valence-corrected chi connectivity index (χ2v) is 39.7. The first kappa shape index (κ1) is 85.6. The van der Waals surface area contributed by atoms with E-state index in [1.54, 1.807) is 0 Å². The normalized spacial score (nSPS) is 11.9. The fourth-order valence-corrected chi connectivity index (χ4v) is 24.4. The molecule has 12 heteroatoms. The minimum absolute atomic E-state index is 0.645. The predicted molar refractivity (Wildman–Crippen MR) is 627 cm³/mol. The van der Waals surface area contributed by atoms with E-state index in [0.717, 1.165) is 155 Å². The molecule has 0 fully saturated rings. The summed E-state index contributed by atoms with van der Waals surface area (Å²) in [6.07, 6.45) is 0. The number of thiophene rings is 1. The number of nitrogens with zero attached hydrogens (tertiary/aromatic N) is 10. The number of aromatic nitrogens is 10. The van der Waals surface area contributed by atoms with Crippen LogP contribution in [0.2, 0.25) is 0 Å². The Kier molecular flexibility index (Phi) is 20.0. The third-order valence-corrected chi connectivity index (χ3v) is 31.3. The molecule has 32 aromatic rings. The number of hydrogen-bond donors (Lipinski definition) is 0. The van der Waals surface area contributed by atoms with Crippen LogP contribution in [0.4, 0.5) is 0 Å². The van der Waals surface area contributed by atoms with E-state index in [0.29, 0.717) is 17.8 Å². The molecular formula is C138H84N10OS. The molecule has 0 bridgehead atoms. The first-order valence-electron chi connectivity index (χ1n) is 50.8. The summed E-state index contributed by atoms with van der Waals surface area (Å²) in [7, 11) is 0. The van der Waals surface area contributed by atoms with E-state index in [-0.39, 0.29) is 0 Å². The summed E-state index contributed by atoms with van der Waals surface area (Å²) in [6.45, 7) is 0. The summed E-state index contributed by atoms with van der Waals surface area (Å²) < 4.78 is 18.2. The molecule has 150 heavy (non-hydrogen) atoms. The predicted octanol–water partition coefficient (Wildman–Crippen LogP) is 36.7. The van der Waals surface area contributed by atoms with Crippen molar-refractivity contribution < 1.29 is 4.42 Å². The Morgan fingerprint density at radius 1 is 0.180 bits per heavy atom. The van der Waals surface area contributed by atoms with Crippen LogP contribution in [0.5, 0.6) is 0 Å². The number of fused-ring (bicyclic) bond motifs is 27. The Hall–Kier alpha value is -19.9. The van der Waals surface area contributed by atoms with Gasteiger partial charge in [-0.15, -0.1) is 11.3 Å². The second-order valence-electron chi connectivity index (χ2n) is 38.6. The van der Waals surface area contributed by atoms with Gasteiger partial charge in [0.2, 0.25) is 17.8 Å². The molecule has 0 atom stereocenters. The maximum absolute atomic E-state index is 6.46. The van der Waals surface area contributed by atoms with Crippen molar-refractivity contribution in [1.82, 2.24) is 48.2 Å². The highest BCUT2D eigenvalue weighted by molar-refractivity contribution is 7.25. The maximum atomic E-state index is 6.46. The molecular weight excluding hydrogens is 1850 g/mol. The van der Waals surface area contributed by atoms with E-state index in [4.69, 9.17) is 34.3 Å². The third-order valence-electron chi connectivity index (χ3n) is 30.1. The molecule has 0 aliphatic heterocycles. The highest BCUT2D eigenvalue weighted by atomic mass is 32.1. The van der Waals surface area contributed by atoms with Gasteiger partial charge in [0.1, 0.15) is 11.2 Å². The average molecular weight is 1930 g/mol. The third kappa shape index (κ3) is 14.0. The molecule has 11 nitrogen and oxygen atoms in total. The van der Waals surface area contributed by atoms with Crippen molar-refractivity contribution in [3.63, 3.8) is 0 Å². The van der Waals surface area contributed by atoms with Crippen molar-refractivity contribution in [2.24, 2.45) is 0 Å². The number of furan rings is 1. The molecule has 0 radical (unpaired) electrons. The van der Waals surface area contributed by atoms with Crippen molar-refractivity contribution in [3.05, 3.63) is 510 Å². The van der Waals surface area contributed by atoms with Crippen LogP contribution in [0.3, 0.4) is 0 Å². The van der Waals surface area contributed by atoms with E-state index < -0.39 is 0 Å². The van der Waals surface area contributed by atoms with Crippen LogP contribution in [0.1, 0.15) is 0 Å². The summed E-state index contributed by atoms with van der Waals surface area (Å²) in [4.78, 5) is 31.8. The van der Waals surface area contributed by atoms with Gasteiger partial charge in [-0.2, -0.15) is 0 Å². The Balaban J connectivity index is 0.000000104. The second kappa shape index (κ2) is 35.0. The molecule has 0 saturated heterocycles. The van der Waals surface area contributed by atoms with Crippen LogP contribution in [0, 0.1) is 0 Å². The molecule has 0 amide bonds. The molecule has 9 heterocycles. The quantitative estimate of drug-likeness (QED) is 0.127. The topological polar surface area (TPSA) is 110 Å². The smallest absolute Gasteiger partial charge is 0.235 e. The maximum Gasteiger partial charge on any atom is 0.235 e. The van der Waals surface area contributed by atoms with Gasteiger partial charge in [-0.3, -0.25) is 13.7 Å². The van der Waals surface area contributed by atoms with Gasteiger partial charge in [-0.25, -0.2) is 29.9 Å². The van der Waals surface area contributed by atoms with E-state index in [2.05, 4.69) is 498 Å². The van der Waals surface area contributed by atoms with Crippen molar-refractivity contribution in [1.29, 1.82) is 0 Å². The van der Waals surface area contributed by atoms with Crippen molar-refractivity contribution in [2.45, 2.75) is 0 Å². The summed E-state index contributed by atoms with van der Waals surface area (Å²) in [5.41, 5.74) is 29.8. The number of rotatable bonds is 11. The SMILES string of the molecule is c1ccc(-c2ccc(-c3nc(-n4c5ccc(-c6ccc7c(c6)c6ccccc6n7-c6ccccc6)cc5c5ccc6ccccc6c54)nc4ccccc34)cc2)cc1.c1ccc(-c2nc(-n3c4cc(-c5cccc6c5oc5ccccc56)ccc4c4c5ccccc5ccc43)nc3ccccc23)cc1.c1ccc(-c2nc(-n3c4ccccc4c4c5ccccc5c(-c5ccc6sc7ccccc7c6c5)cc43)nc3ccccc23)cc1. The van der Waals surface area contributed by atoms with Crippen LogP contribution in [0.25, 0.3) is 296 Å². The van der Waals surface area contributed by atoms with Crippen LogP contribution in [-0.2, 0) is 0 Å². The molecule has 32 rings (SSSR count). The van der Waals surface area contributed by atoms with Crippen LogP contribution in [-0.4, -0.2) is 48.2 Å². The van der Waals surface area contributed by atoms with Gasteiger partial charge in [0, 0.05) is 124 Å². The molecule has 698 valence electrons. The highest BCUT2D eigenvalue weighted by Crippen LogP contribution is 2.49. The Morgan fingerprint density at radius 3 is 1.23 bits per heavy atom. The first-order chi connectivity index (χ1) is 74.4. The minimum Gasteiger partial charge on any atom is -0.455 e. The molecule has 0 N–H and O–H groups in total. The summed E-state index contributed by atoms with van der Waals surface area (Å²) in [5.74, 6) is 1.97. The lowest BCUT2D eigenvalue weighted by Crippen LogP contribution is -2.03. The summed E-state index contributed by atoms with van der Waals surface area (Å²) in [6, 6.07) is 181. The minimum atomic E-state index is 0.645. The summed E-state index contributed by atoms with van der Waals surface area (Å²) in [5, 5.41) is 24.7. The zero-order valence-corrected chi connectivity index (χ0v) is 81.6. The zero-order valence-electron chi connectivity index (χ0n) is 80.8. The van der Waals surface area contributed by atoms with Crippen molar-refractivity contribution >= 4 is 206 Å². The van der Waals surface area contributed by atoms with Crippen molar-refractivity contribution in [3.8, 4) is 102 Å². The first-order valence-corrected chi connectivity index (χ1v) is 51.6. The van der Waals surface area contributed by atoms with Gasteiger partial charge in [-0.05, 0) is 175 Å². The Labute approximate surface area is 863 Å². The molecule has 0 aliphatic rings. The Morgan fingerprint density at radius 2 is 0.580 bits per heavy atom. The zero-order chi connectivity index (χ0) is 98.5. The lowest BCUT2D eigenvalue weighted by atomic mass is 9.94. The van der Waals surface area contributed by atoms with Gasteiger partial charge in [0.25, 0.3) is 0 Å². The number of hydrogen-bond acceptors (Lipinski definition) is 8. The Bertz CT molecular complexity index is 11100. The van der Waals surface area contributed by atoms with Crippen molar-refractivity contribution in [2.75, 3.05) is 0 Å². The molecule has 9 aromatic heterocycles. The lowest BCUT2D eigenvalue weighted by molar-refractivity contribution is 0.670. The van der Waals surface area contributed by atoms with E-state index in [1.165, 1.54) is 124 Å². The van der Waals surface area contributed by atoms with Crippen LogP contribution >= 0.6 is 11.3 Å². The average Bonchev–Trinajstić information content (AvgIpc) is 1.57. The van der Waals surface area contributed by atoms with Gasteiger partial charge >= 0.3 is 0 Å². The number of para-hydroxylation sites is 8. The molecule has 0 spiro atoms. The van der Waals surface area contributed by atoms with Gasteiger partial charge in [0.15, 0.2) is 0 Å². The van der Waals surface area contributed by atoms with Gasteiger partial charge < -0.3 is 8.98 Å². The fourth-order valence-electron chi connectivity index (χ4n) is 23.3. The molecule has 23 aromatic carbocycles. The lowest BCUT2D eigenvalue weighted by Gasteiger charge is -2.13. The fraction of sp³-hybridized carbons (Fsp3) is 0. The molecule has 0 unspecified atom stereocenters.